The number of hydrogen-bond donors (Lipinski definition) is 3. The highest BCUT2D eigenvalue weighted by atomic mass is 35.5. The Kier molecular flexibility index (Phi) is 7.61. The van der Waals surface area contributed by atoms with Crippen LogP contribution in [0.3, 0.4) is 0 Å². The summed E-state index contributed by atoms with van der Waals surface area (Å²) < 4.78 is 5.44. The Morgan fingerprint density at radius 3 is 2.42 bits per heavy atom. The van der Waals surface area contributed by atoms with Gasteiger partial charge in [0.05, 0.1) is 12.8 Å². The summed E-state index contributed by atoms with van der Waals surface area (Å²) in [6, 6.07) is 21.4. The van der Waals surface area contributed by atoms with Crippen molar-refractivity contribution >= 4 is 46.7 Å². The van der Waals surface area contributed by atoms with Crippen LogP contribution in [0, 0.1) is 0 Å². The lowest BCUT2D eigenvalue weighted by Gasteiger charge is -2.11. The fraction of sp³-hybridized carbons (Fsp3) is 0.0870. The van der Waals surface area contributed by atoms with Crippen LogP contribution in [-0.2, 0) is 9.59 Å². The zero-order valence-corrected chi connectivity index (χ0v) is 17.5. The first kappa shape index (κ1) is 21.9. The Hall–Kier alpha value is -3.84. The molecule has 158 valence electrons. The van der Waals surface area contributed by atoms with Gasteiger partial charge in [-0.25, -0.2) is 5.43 Å². The van der Waals surface area contributed by atoms with Crippen LogP contribution in [0.1, 0.15) is 12.5 Å². The van der Waals surface area contributed by atoms with Gasteiger partial charge in [0.2, 0.25) is 0 Å². The van der Waals surface area contributed by atoms with E-state index < -0.39 is 11.8 Å². The van der Waals surface area contributed by atoms with E-state index in [2.05, 4.69) is 21.2 Å². The van der Waals surface area contributed by atoms with Crippen molar-refractivity contribution in [3.63, 3.8) is 0 Å². The van der Waals surface area contributed by atoms with E-state index >= 15 is 0 Å². The molecule has 31 heavy (non-hydrogen) atoms. The van der Waals surface area contributed by atoms with E-state index in [-0.39, 0.29) is 0 Å². The minimum atomic E-state index is -0.886. The minimum absolute atomic E-state index is 0.506. The van der Waals surface area contributed by atoms with Crippen LogP contribution in [0.4, 0.5) is 17.1 Å². The van der Waals surface area contributed by atoms with Crippen LogP contribution in [0.2, 0.25) is 5.02 Å². The van der Waals surface area contributed by atoms with Crippen molar-refractivity contribution in [2.75, 3.05) is 17.2 Å². The Bertz CT molecular complexity index is 1070. The molecule has 3 aromatic rings. The number of hydrazone groups is 1. The molecule has 3 rings (SSSR count). The number of anilines is 3. The third-order valence-electron chi connectivity index (χ3n) is 4.07. The molecule has 8 heteroatoms. The van der Waals surface area contributed by atoms with E-state index in [1.807, 2.05) is 37.3 Å². The largest absolute Gasteiger partial charge is 0.494 e. The molecule has 0 fully saturated rings. The Balaban J connectivity index is 1.65. The molecule has 0 radical (unpaired) electrons. The van der Waals surface area contributed by atoms with Gasteiger partial charge in [-0.1, -0.05) is 29.8 Å². The number of carbonyl (C=O) groups excluding carboxylic acids is 2. The third kappa shape index (κ3) is 6.58. The topological polar surface area (TPSA) is 91.8 Å². The molecule has 0 aliphatic rings. The molecule has 0 atom stereocenters. The second-order valence-electron chi connectivity index (χ2n) is 6.33. The van der Waals surface area contributed by atoms with E-state index in [9.17, 15) is 9.59 Å². The van der Waals surface area contributed by atoms with E-state index in [0.29, 0.717) is 22.9 Å². The number of nitrogens with one attached hydrogen (secondary N) is 3. The van der Waals surface area contributed by atoms with Crippen LogP contribution in [0.15, 0.2) is 77.9 Å². The summed E-state index contributed by atoms with van der Waals surface area (Å²) in [6.07, 6.45) is 1.41. The number of benzene rings is 3. The summed E-state index contributed by atoms with van der Waals surface area (Å²) in [5.41, 5.74) is 4.92. The number of rotatable bonds is 7. The van der Waals surface area contributed by atoms with Crippen LogP contribution in [0.25, 0.3) is 0 Å². The third-order valence-corrected chi connectivity index (χ3v) is 4.30. The smallest absolute Gasteiger partial charge is 0.329 e. The zero-order valence-electron chi connectivity index (χ0n) is 16.8. The lowest BCUT2D eigenvalue weighted by molar-refractivity contribution is -0.136. The second kappa shape index (κ2) is 10.8. The number of hydrogen-bond acceptors (Lipinski definition) is 5. The van der Waals surface area contributed by atoms with Crippen LogP contribution < -0.4 is 20.8 Å². The maximum Gasteiger partial charge on any atom is 0.329 e. The number of carbonyl (C=O) groups is 2. The maximum absolute atomic E-state index is 12.0. The van der Waals surface area contributed by atoms with Crippen LogP contribution in [-0.4, -0.2) is 24.6 Å². The fourth-order valence-corrected chi connectivity index (χ4v) is 2.81. The zero-order chi connectivity index (χ0) is 22.1. The van der Waals surface area contributed by atoms with Gasteiger partial charge >= 0.3 is 11.8 Å². The van der Waals surface area contributed by atoms with Crippen LogP contribution >= 0.6 is 11.6 Å². The van der Waals surface area contributed by atoms with E-state index in [1.165, 1.54) is 6.21 Å². The molecule has 0 saturated carbocycles. The fourth-order valence-electron chi connectivity index (χ4n) is 2.63. The average molecular weight is 437 g/mol. The second-order valence-corrected chi connectivity index (χ2v) is 6.77. The first-order valence-electron chi connectivity index (χ1n) is 9.54. The first-order valence-corrected chi connectivity index (χ1v) is 9.92. The monoisotopic (exact) mass is 436 g/mol. The molecule has 2 amide bonds. The van der Waals surface area contributed by atoms with E-state index in [4.69, 9.17) is 16.3 Å². The molecule has 0 unspecified atom stereocenters. The van der Waals surface area contributed by atoms with E-state index in [0.717, 1.165) is 17.1 Å². The molecule has 0 bridgehead atoms. The van der Waals surface area contributed by atoms with Crippen molar-refractivity contribution in [1.82, 2.24) is 5.43 Å². The van der Waals surface area contributed by atoms with Gasteiger partial charge in [0.15, 0.2) is 0 Å². The number of ether oxygens (including phenoxy) is 1. The maximum atomic E-state index is 12.0. The lowest BCUT2D eigenvalue weighted by Crippen LogP contribution is -2.32. The Morgan fingerprint density at radius 2 is 1.71 bits per heavy atom. The van der Waals surface area contributed by atoms with Gasteiger partial charge in [0.25, 0.3) is 0 Å². The van der Waals surface area contributed by atoms with Gasteiger partial charge in [0, 0.05) is 27.6 Å². The Labute approximate surface area is 185 Å². The van der Waals surface area contributed by atoms with Gasteiger partial charge in [-0.15, -0.1) is 0 Å². The molecule has 0 aliphatic carbocycles. The molecule has 3 aromatic carbocycles. The molecule has 0 aromatic heterocycles. The molecular formula is C23H21ClN4O3. The highest BCUT2D eigenvalue weighted by molar-refractivity contribution is 6.39. The minimum Gasteiger partial charge on any atom is -0.494 e. The summed E-state index contributed by atoms with van der Waals surface area (Å²) >= 11 is 6.10. The number of amides is 2. The number of halogens is 1. The molecule has 0 aliphatic heterocycles. The molecular weight excluding hydrogens is 416 g/mol. The molecule has 0 saturated heterocycles. The highest BCUT2D eigenvalue weighted by Gasteiger charge is 2.12. The van der Waals surface area contributed by atoms with Crippen molar-refractivity contribution in [2.45, 2.75) is 6.92 Å². The predicted molar refractivity (Wildman–Crippen MR) is 123 cm³/mol. The molecule has 0 heterocycles. The summed E-state index contributed by atoms with van der Waals surface area (Å²) in [6.45, 7) is 2.52. The SMILES string of the molecule is CCOc1ccc(Nc2ccc(Cl)cc2/C=N\NC(=O)C(=O)Nc2ccccc2)cc1. The lowest BCUT2D eigenvalue weighted by atomic mass is 10.2. The van der Waals surface area contributed by atoms with Crippen molar-refractivity contribution < 1.29 is 14.3 Å². The summed E-state index contributed by atoms with van der Waals surface area (Å²) in [4.78, 5) is 23.9. The normalized spacial score (nSPS) is 10.5. The summed E-state index contributed by atoms with van der Waals surface area (Å²) in [5.74, 6) is -0.923. The van der Waals surface area contributed by atoms with Gasteiger partial charge < -0.3 is 15.4 Å². The summed E-state index contributed by atoms with van der Waals surface area (Å²) in [7, 11) is 0. The number of para-hydroxylation sites is 1. The average Bonchev–Trinajstić information content (AvgIpc) is 2.77. The van der Waals surface area contributed by atoms with Gasteiger partial charge in [-0.05, 0) is 61.5 Å². The highest BCUT2D eigenvalue weighted by Crippen LogP contribution is 2.24. The molecule has 7 nitrogen and oxygen atoms in total. The Morgan fingerprint density at radius 1 is 0.968 bits per heavy atom. The van der Waals surface area contributed by atoms with Crippen molar-refractivity contribution in [3.8, 4) is 5.75 Å². The van der Waals surface area contributed by atoms with Gasteiger partial charge in [-0.3, -0.25) is 9.59 Å². The quantitative estimate of drug-likeness (QED) is 0.287. The number of nitrogens with zero attached hydrogens (tertiary/aromatic N) is 1. The van der Waals surface area contributed by atoms with Crippen LogP contribution in [0.5, 0.6) is 5.75 Å². The summed E-state index contributed by atoms with van der Waals surface area (Å²) in [5, 5.41) is 10.1. The van der Waals surface area contributed by atoms with Gasteiger partial charge in [0.1, 0.15) is 5.75 Å². The first-order chi connectivity index (χ1) is 15.0. The van der Waals surface area contributed by atoms with Crippen molar-refractivity contribution in [3.05, 3.63) is 83.4 Å². The molecule has 0 spiro atoms. The predicted octanol–water partition coefficient (Wildman–Crippen LogP) is 4.57. The standard InChI is InChI=1S/C23H21ClN4O3/c1-2-31-20-11-9-19(10-12-20)26-21-13-8-17(24)14-16(21)15-25-28-23(30)22(29)27-18-6-4-3-5-7-18/h3-15,26H,2H2,1H3,(H,27,29)(H,28,30)/b25-15-. The van der Waals surface area contributed by atoms with Crippen molar-refractivity contribution in [1.29, 1.82) is 0 Å². The van der Waals surface area contributed by atoms with Gasteiger partial charge in [-0.2, -0.15) is 5.10 Å². The van der Waals surface area contributed by atoms with Crippen molar-refractivity contribution in [2.24, 2.45) is 5.10 Å². The molecule has 3 N–H and O–H groups in total. The van der Waals surface area contributed by atoms with E-state index in [1.54, 1.807) is 42.5 Å².